The fraction of sp³-hybridized carbons (Fsp3) is 0.333. The van der Waals surface area contributed by atoms with Crippen molar-refractivity contribution in [2.24, 2.45) is 0 Å². The Hall–Kier alpha value is -2.51. The van der Waals surface area contributed by atoms with Crippen LogP contribution in [0.25, 0.3) is 0 Å². The standard InChI is InChI=1S/C12H15FN2O5/c1-19-9-6-10(20-2)8(5-7(9)13)15-12(18)14-4-3-11(16)17/h5-6H,3-4H2,1-2H3,(H,16,17)(H2,14,15,18). The SMILES string of the molecule is COc1cc(OC)c(NC(=O)NCCC(=O)O)cc1F. The molecule has 0 unspecified atom stereocenters. The number of carbonyl (C=O) groups excluding carboxylic acids is 1. The first kappa shape index (κ1) is 15.5. The first-order valence-corrected chi connectivity index (χ1v) is 5.66. The molecule has 0 saturated carbocycles. The summed E-state index contributed by atoms with van der Waals surface area (Å²) < 4.78 is 23.3. The summed E-state index contributed by atoms with van der Waals surface area (Å²) >= 11 is 0. The van der Waals surface area contributed by atoms with E-state index in [0.29, 0.717) is 0 Å². The number of hydrogen-bond acceptors (Lipinski definition) is 4. The van der Waals surface area contributed by atoms with E-state index in [2.05, 4.69) is 10.6 Å². The quantitative estimate of drug-likeness (QED) is 0.735. The van der Waals surface area contributed by atoms with Gasteiger partial charge in [-0.3, -0.25) is 4.79 Å². The number of halogens is 1. The molecule has 3 N–H and O–H groups in total. The highest BCUT2D eigenvalue weighted by Crippen LogP contribution is 2.31. The molecule has 0 saturated heterocycles. The summed E-state index contributed by atoms with van der Waals surface area (Å²) in [4.78, 5) is 21.8. The molecule has 0 aliphatic rings. The zero-order valence-electron chi connectivity index (χ0n) is 11.0. The number of nitrogens with one attached hydrogen (secondary N) is 2. The predicted octanol–water partition coefficient (Wildman–Crippen LogP) is 1.44. The molecule has 0 aromatic heterocycles. The maximum absolute atomic E-state index is 13.5. The smallest absolute Gasteiger partial charge is 0.319 e. The minimum atomic E-state index is -1.03. The Morgan fingerprint density at radius 2 is 1.90 bits per heavy atom. The number of methoxy groups -OCH3 is 2. The van der Waals surface area contributed by atoms with E-state index in [4.69, 9.17) is 14.6 Å². The van der Waals surface area contributed by atoms with E-state index in [1.807, 2.05) is 0 Å². The minimum absolute atomic E-state index is 0.0151. The lowest BCUT2D eigenvalue weighted by atomic mass is 10.2. The van der Waals surface area contributed by atoms with Gasteiger partial charge in [0.05, 0.1) is 26.3 Å². The number of ether oxygens (including phenoxy) is 2. The zero-order chi connectivity index (χ0) is 15.1. The third kappa shape index (κ3) is 4.30. The molecule has 1 aromatic carbocycles. The molecule has 0 fully saturated rings. The average molecular weight is 286 g/mol. The van der Waals surface area contributed by atoms with Crippen molar-refractivity contribution in [2.45, 2.75) is 6.42 Å². The summed E-state index contributed by atoms with van der Waals surface area (Å²) in [5.41, 5.74) is 0.110. The van der Waals surface area contributed by atoms with Gasteiger partial charge < -0.3 is 25.2 Å². The Bertz CT molecular complexity index is 507. The van der Waals surface area contributed by atoms with Crippen LogP contribution < -0.4 is 20.1 Å². The van der Waals surface area contributed by atoms with Gasteiger partial charge in [0.15, 0.2) is 11.6 Å². The average Bonchev–Trinajstić information content (AvgIpc) is 2.38. The summed E-state index contributed by atoms with van der Waals surface area (Å²) in [7, 11) is 2.67. The highest BCUT2D eigenvalue weighted by atomic mass is 19.1. The van der Waals surface area contributed by atoms with Crippen molar-refractivity contribution < 1.29 is 28.6 Å². The van der Waals surface area contributed by atoms with E-state index < -0.39 is 17.8 Å². The number of hydrogen-bond donors (Lipinski definition) is 3. The molecule has 7 nitrogen and oxygen atoms in total. The van der Waals surface area contributed by atoms with Gasteiger partial charge in [0.25, 0.3) is 0 Å². The molecule has 0 radical (unpaired) electrons. The van der Waals surface area contributed by atoms with E-state index in [1.165, 1.54) is 20.3 Å². The summed E-state index contributed by atoms with van der Waals surface area (Å²) in [6, 6.07) is 1.69. The van der Waals surface area contributed by atoms with Gasteiger partial charge in [-0.1, -0.05) is 0 Å². The van der Waals surface area contributed by atoms with Crippen molar-refractivity contribution >= 4 is 17.7 Å². The predicted molar refractivity (Wildman–Crippen MR) is 68.8 cm³/mol. The number of amides is 2. The van der Waals surface area contributed by atoms with Crippen LogP contribution in [0.15, 0.2) is 12.1 Å². The Kier molecular flexibility index (Phi) is 5.57. The van der Waals surface area contributed by atoms with Crippen LogP contribution in [0, 0.1) is 5.82 Å². The van der Waals surface area contributed by atoms with Crippen molar-refractivity contribution in [3.8, 4) is 11.5 Å². The van der Waals surface area contributed by atoms with Crippen molar-refractivity contribution in [2.75, 3.05) is 26.1 Å². The molecule has 1 rings (SSSR count). The second kappa shape index (κ2) is 7.17. The summed E-state index contributed by atoms with van der Waals surface area (Å²) in [5, 5.41) is 13.1. The van der Waals surface area contributed by atoms with Gasteiger partial charge in [0.1, 0.15) is 5.75 Å². The fourth-order valence-corrected chi connectivity index (χ4v) is 1.41. The molecule has 110 valence electrons. The number of aliphatic carboxylic acids is 1. The Morgan fingerprint density at radius 1 is 1.25 bits per heavy atom. The van der Waals surface area contributed by atoms with Gasteiger partial charge in [-0.15, -0.1) is 0 Å². The maximum Gasteiger partial charge on any atom is 0.319 e. The van der Waals surface area contributed by atoms with Gasteiger partial charge in [-0.25, -0.2) is 9.18 Å². The number of rotatable bonds is 6. The lowest BCUT2D eigenvalue weighted by molar-refractivity contribution is -0.136. The van der Waals surface area contributed by atoms with Crippen molar-refractivity contribution in [1.82, 2.24) is 5.32 Å². The monoisotopic (exact) mass is 286 g/mol. The molecular formula is C12H15FN2O5. The van der Waals surface area contributed by atoms with E-state index in [0.717, 1.165) is 6.07 Å². The first-order chi connectivity index (χ1) is 9.47. The Balaban J connectivity index is 2.73. The third-order valence-electron chi connectivity index (χ3n) is 2.35. The van der Waals surface area contributed by atoms with Crippen LogP contribution in [0.2, 0.25) is 0 Å². The number of anilines is 1. The molecule has 0 atom stereocenters. The van der Waals surface area contributed by atoms with Crippen LogP contribution in [0.1, 0.15) is 6.42 Å². The third-order valence-corrected chi connectivity index (χ3v) is 2.35. The van der Waals surface area contributed by atoms with Crippen molar-refractivity contribution in [3.05, 3.63) is 17.9 Å². The molecule has 0 aliphatic carbocycles. The molecule has 0 bridgehead atoms. The van der Waals surface area contributed by atoms with Gasteiger partial charge in [-0.2, -0.15) is 0 Å². The summed E-state index contributed by atoms with van der Waals surface area (Å²) in [6.07, 6.45) is -0.207. The van der Waals surface area contributed by atoms with Gasteiger partial charge in [-0.05, 0) is 0 Å². The van der Waals surface area contributed by atoms with Crippen LogP contribution in [-0.2, 0) is 4.79 Å². The van der Waals surface area contributed by atoms with Crippen LogP contribution in [0.5, 0.6) is 11.5 Å². The second-order valence-electron chi connectivity index (χ2n) is 3.71. The lowest BCUT2D eigenvalue weighted by Crippen LogP contribution is -2.30. The zero-order valence-corrected chi connectivity index (χ0v) is 11.0. The number of urea groups is 1. The van der Waals surface area contributed by atoms with Crippen LogP contribution in [0.4, 0.5) is 14.9 Å². The maximum atomic E-state index is 13.5. The van der Waals surface area contributed by atoms with Gasteiger partial charge in [0.2, 0.25) is 0 Å². The van der Waals surface area contributed by atoms with E-state index in [1.54, 1.807) is 0 Å². The topological polar surface area (TPSA) is 96.9 Å². The van der Waals surface area contributed by atoms with Crippen LogP contribution >= 0.6 is 0 Å². The minimum Gasteiger partial charge on any atom is -0.494 e. The lowest BCUT2D eigenvalue weighted by Gasteiger charge is -2.12. The molecule has 1 aromatic rings. The second-order valence-corrected chi connectivity index (χ2v) is 3.71. The normalized spacial score (nSPS) is 9.75. The number of benzene rings is 1. The summed E-state index contributed by atoms with van der Waals surface area (Å²) in [6.45, 7) is -0.0396. The highest BCUT2D eigenvalue weighted by molar-refractivity contribution is 5.91. The molecular weight excluding hydrogens is 271 g/mol. The van der Waals surface area contributed by atoms with E-state index in [-0.39, 0.29) is 30.2 Å². The molecule has 0 spiro atoms. The molecule has 2 amide bonds. The highest BCUT2D eigenvalue weighted by Gasteiger charge is 2.13. The largest absolute Gasteiger partial charge is 0.494 e. The van der Waals surface area contributed by atoms with E-state index in [9.17, 15) is 14.0 Å². The number of carboxylic acids is 1. The van der Waals surface area contributed by atoms with E-state index >= 15 is 0 Å². The molecule has 20 heavy (non-hydrogen) atoms. The van der Waals surface area contributed by atoms with Crippen LogP contribution in [0.3, 0.4) is 0 Å². The summed E-state index contributed by atoms with van der Waals surface area (Å²) in [5.74, 6) is -1.48. The first-order valence-electron chi connectivity index (χ1n) is 5.66. The number of carboxylic acid groups (broad SMARTS) is 1. The van der Waals surface area contributed by atoms with Crippen LogP contribution in [-0.4, -0.2) is 37.9 Å². The Labute approximate surface area is 114 Å². The molecule has 8 heteroatoms. The fourth-order valence-electron chi connectivity index (χ4n) is 1.41. The van der Waals surface area contributed by atoms with Crippen molar-refractivity contribution in [3.63, 3.8) is 0 Å². The van der Waals surface area contributed by atoms with Gasteiger partial charge in [0, 0.05) is 18.7 Å². The van der Waals surface area contributed by atoms with Gasteiger partial charge >= 0.3 is 12.0 Å². The Morgan fingerprint density at radius 3 is 2.45 bits per heavy atom. The molecule has 0 heterocycles. The number of carbonyl (C=O) groups is 2. The van der Waals surface area contributed by atoms with Crippen molar-refractivity contribution in [1.29, 1.82) is 0 Å². The molecule has 0 aliphatic heterocycles.